The molecule has 3 aromatic rings. The largest absolute Gasteiger partial charge is 0.369 e. The monoisotopic (exact) mass is 351 g/mol. The van der Waals surface area contributed by atoms with Crippen molar-refractivity contribution >= 4 is 32.9 Å². The Morgan fingerprint density at radius 2 is 1.86 bits per heavy atom. The van der Waals surface area contributed by atoms with Crippen LogP contribution in [0.3, 0.4) is 0 Å². The highest BCUT2D eigenvalue weighted by atomic mass is 79.9. The molecular weight excluding hydrogens is 340 g/mol. The minimum atomic E-state index is -0.380. The molecule has 1 atom stereocenters. The van der Waals surface area contributed by atoms with Crippen molar-refractivity contribution in [2.45, 2.75) is 13.0 Å². The van der Waals surface area contributed by atoms with Crippen LogP contribution in [-0.4, -0.2) is 9.55 Å². The van der Waals surface area contributed by atoms with E-state index in [1.54, 1.807) is 22.8 Å². The number of anilines is 1. The number of benzene rings is 2. The Morgan fingerprint density at radius 1 is 1.19 bits per heavy atom. The number of fused-ring (bicyclic) bond motifs is 1. The van der Waals surface area contributed by atoms with Gasteiger partial charge in [-0.15, -0.1) is 0 Å². The normalized spacial score (nSPS) is 12.8. The van der Waals surface area contributed by atoms with Crippen molar-refractivity contribution in [2.24, 2.45) is 0 Å². The van der Waals surface area contributed by atoms with Gasteiger partial charge in [-0.3, -0.25) is 0 Å². The molecule has 2 aromatic carbocycles. The van der Waals surface area contributed by atoms with Crippen LogP contribution in [0.2, 0.25) is 0 Å². The minimum absolute atomic E-state index is 0.184. The molecule has 2 N–H and O–H groups in total. The van der Waals surface area contributed by atoms with Gasteiger partial charge in [-0.05, 0) is 46.6 Å². The Balaban J connectivity index is 2.17. The van der Waals surface area contributed by atoms with Crippen molar-refractivity contribution in [1.82, 2.24) is 9.55 Å². The van der Waals surface area contributed by atoms with E-state index in [4.69, 9.17) is 5.73 Å². The average Bonchev–Trinajstić information content (AvgIpc) is 2.75. The molecule has 0 saturated heterocycles. The number of halogens is 3. The summed E-state index contributed by atoms with van der Waals surface area (Å²) in [6, 6.07) is 8.94. The maximum atomic E-state index is 13.8. The van der Waals surface area contributed by atoms with E-state index in [2.05, 4.69) is 20.9 Å². The van der Waals surface area contributed by atoms with Crippen molar-refractivity contribution in [2.75, 3.05) is 5.73 Å². The standard InChI is InChI=1S/C15H12BrF2N3/c1-8(9-2-4-10(17)5-3-9)21-14-7-12(18)11(16)6-13(14)20-15(21)19/h2-8H,1H3,(H2,19,20). The molecule has 3 nitrogen and oxygen atoms in total. The Bertz CT molecular complexity index is 812. The highest BCUT2D eigenvalue weighted by Gasteiger charge is 2.17. The van der Waals surface area contributed by atoms with Crippen molar-refractivity contribution in [1.29, 1.82) is 0 Å². The van der Waals surface area contributed by atoms with Gasteiger partial charge < -0.3 is 10.3 Å². The lowest BCUT2D eigenvalue weighted by molar-refractivity contribution is 0.616. The summed E-state index contributed by atoms with van der Waals surface area (Å²) in [5.74, 6) is -0.390. The van der Waals surface area contributed by atoms with E-state index < -0.39 is 0 Å². The molecule has 0 spiro atoms. The summed E-state index contributed by atoms with van der Waals surface area (Å²) in [4.78, 5) is 4.25. The molecule has 6 heteroatoms. The fourth-order valence-corrected chi connectivity index (χ4v) is 2.74. The molecule has 0 aliphatic heterocycles. The van der Waals surface area contributed by atoms with Crippen LogP contribution in [0.1, 0.15) is 18.5 Å². The van der Waals surface area contributed by atoms with Crippen molar-refractivity contribution in [3.05, 3.63) is 58.1 Å². The number of aromatic nitrogens is 2. The number of nitrogens with two attached hydrogens (primary N) is 1. The minimum Gasteiger partial charge on any atom is -0.369 e. The lowest BCUT2D eigenvalue weighted by atomic mass is 10.1. The number of hydrogen-bond donors (Lipinski definition) is 1. The van der Waals surface area contributed by atoms with E-state index in [1.807, 2.05) is 6.92 Å². The SMILES string of the molecule is CC(c1ccc(F)cc1)n1c(N)nc2cc(Br)c(F)cc21. The van der Waals surface area contributed by atoms with Gasteiger partial charge in [0.25, 0.3) is 0 Å². The fourth-order valence-electron chi connectivity index (χ4n) is 2.41. The highest BCUT2D eigenvalue weighted by molar-refractivity contribution is 9.10. The fraction of sp³-hybridized carbons (Fsp3) is 0.133. The molecule has 0 fully saturated rings. The summed E-state index contributed by atoms with van der Waals surface area (Å²) < 4.78 is 28.9. The second-order valence-corrected chi connectivity index (χ2v) is 5.68. The molecule has 1 unspecified atom stereocenters. The van der Waals surface area contributed by atoms with E-state index in [0.29, 0.717) is 21.5 Å². The third-order valence-electron chi connectivity index (χ3n) is 3.50. The summed E-state index contributed by atoms with van der Waals surface area (Å²) in [6.07, 6.45) is 0. The predicted molar refractivity (Wildman–Crippen MR) is 82.0 cm³/mol. The molecule has 0 aliphatic carbocycles. The average molecular weight is 352 g/mol. The van der Waals surface area contributed by atoms with Crippen LogP contribution < -0.4 is 5.73 Å². The van der Waals surface area contributed by atoms with Gasteiger partial charge in [-0.2, -0.15) is 0 Å². The molecule has 21 heavy (non-hydrogen) atoms. The molecule has 108 valence electrons. The molecule has 1 aromatic heterocycles. The van der Waals surface area contributed by atoms with E-state index in [9.17, 15) is 8.78 Å². The van der Waals surface area contributed by atoms with Crippen LogP contribution >= 0.6 is 15.9 Å². The number of rotatable bonds is 2. The first-order chi connectivity index (χ1) is 9.97. The second-order valence-electron chi connectivity index (χ2n) is 4.82. The molecule has 0 bridgehead atoms. The summed E-state index contributed by atoms with van der Waals surface area (Å²) in [7, 11) is 0. The van der Waals surface area contributed by atoms with E-state index in [0.717, 1.165) is 5.56 Å². The van der Waals surface area contributed by atoms with E-state index >= 15 is 0 Å². The lowest BCUT2D eigenvalue weighted by Gasteiger charge is -2.16. The smallest absolute Gasteiger partial charge is 0.201 e. The van der Waals surface area contributed by atoms with Gasteiger partial charge in [0.2, 0.25) is 5.95 Å². The maximum absolute atomic E-state index is 13.8. The van der Waals surface area contributed by atoms with Gasteiger partial charge >= 0.3 is 0 Å². The zero-order chi connectivity index (χ0) is 15.1. The van der Waals surface area contributed by atoms with Gasteiger partial charge in [0.05, 0.1) is 21.5 Å². The van der Waals surface area contributed by atoms with Crippen LogP contribution in [0.15, 0.2) is 40.9 Å². The summed E-state index contributed by atoms with van der Waals surface area (Å²) in [6.45, 7) is 1.91. The van der Waals surface area contributed by atoms with Crippen LogP contribution in [0.5, 0.6) is 0 Å². The summed E-state index contributed by atoms with van der Waals surface area (Å²) >= 11 is 3.13. The lowest BCUT2D eigenvalue weighted by Crippen LogP contribution is -2.10. The zero-order valence-corrected chi connectivity index (χ0v) is 12.7. The summed E-state index contributed by atoms with van der Waals surface area (Å²) in [5, 5.41) is 0. The molecule has 0 amide bonds. The van der Waals surface area contributed by atoms with Gasteiger partial charge in [-0.1, -0.05) is 12.1 Å². The number of imidazole rings is 1. The first-order valence-electron chi connectivity index (χ1n) is 6.35. The van der Waals surface area contributed by atoms with Gasteiger partial charge in [-0.25, -0.2) is 13.8 Å². The topological polar surface area (TPSA) is 43.8 Å². The number of hydrogen-bond acceptors (Lipinski definition) is 2. The van der Waals surface area contributed by atoms with E-state index in [-0.39, 0.29) is 17.7 Å². The number of nitrogens with zero attached hydrogens (tertiary/aromatic N) is 2. The Labute approximate surface area is 128 Å². The first-order valence-corrected chi connectivity index (χ1v) is 7.14. The third-order valence-corrected chi connectivity index (χ3v) is 4.11. The van der Waals surface area contributed by atoms with Gasteiger partial charge in [0.15, 0.2) is 0 Å². The molecular formula is C15H12BrF2N3. The Hall–Kier alpha value is -1.95. The van der Waals surface area contributed by atoms with Crippen molar-refractivity contribution < 1.29 is 8.78 Å². The van der Waals surface area contributed by atoms with Crippen molar-refractivity contribution in [3.8, 4) is 0 Å². The molecule has 0 radical (unpaired) electrons. The van der Waals surface area contributed by atoms with Crippen molar-refractivity contribution in [3.63, 3.8) is 0 Å². The molecule has 1 heterocycles. The number of nitrogen functional groups attached to an aromatic ring is 1. The molecule has 3 rings (SSSR count). The quantitative estimate of drug-likeness (QED) is 0.749. The van der Waals surface area contributed by atoms with Crippen LogP contribution in [0.25, 0.3) is 11.0 Å². The predicted octanol–water partition coefficient (Wildman–Crippen LogP) is 4.27. The zero-order valence-electron chi connectivity index (χ0n) is 11.1. The summed E-state index contributed by atoms with van der Waals surface area (Å²) in [5.41, 5.74) is 8.04. The highest BCUT2D eigenvalue weighted by Crippen LogP contribution is 2.30. The molecule has 0 aliphatic rings. The second kappa shape index (κ2) is 5.11. The maximum Gasteiger partial charge on any atom is 0.201 e. The van der Waals surface area contributed by atoms with Gasteiger partial charge in [0, 0.05) is 6.07 Å². The van der Waals surface area contributed by atoms with E-state index in [1.165, 1.54) is 18.2 Å². The first kappa shape index (κ1) is 14.0. The van der Waals surface area contributed by atoms with Crippen LogP contribution in [0, 0.1) is 11.6 Å². The third kappa shape index (κ3) is 2.40. The molecule has 0 saturated carbocycles. The van der Waals surface area contributed by atoms with Gasteiger partial charge in [0.1, 0.15) is 11.6 Å². The Kier molecular flexibility index (Phi) is 3.41. The van der Waals surface area contributed by atoms with Crippen LogP contribution in [0.4, 0.5) is 14.7 Å². The Morgan fingerprint density at radius 3 is 2.52 bits per heavy atom. The van der Waals surface area contributed by atoms with Crippen LogP contribution in [-0.2, 0) is 0 Å².